The van der Waals surface area contributed by atoms with Gasteiger partial charge in [-0.15, -0.1) is 5.10 Å². The predicted octanol–water partition coefficient (Wildman–Crippen LogP) is 2.16. The van der Waals surface area contributed by atoms with E-state index in [0.29, 0.717) is 0 Å². The molecule has 13 heavy (non-hydrogen) atoms. The van der Waals surface area contributed by atoms with Crippen molar-refractivity contribution in [2.24, 2.45) is 0 Å². The minimum Gasteiger partial charge on any atom is -0.217 e. The van der Waals surface area contributed by atoms with E-state index in [1.54, 1.807) is 6.20 Å². The number of benzene rings is 1. The molecule has 0 aliphatic rings. The molecule has 2 aromatic rings. The summed E-state index contributed by atoms with van der Waals surface area (Å²) in [6, 6.07) is 9.94. The van der Waals surface area contributed by atoms with Crippen LogP contribution in [-0.4, -0.2) is 15.0 Å². The highest BCUT2D eigenvalue weighted by atomic mass is 79.9. The monoisotopic (exact) mass is 237 g/mol. The highest BCUT2D eigenvalue weighted by Gasteiger charge is 2.02. The van der Waals surface area contributed by atoms with Gasteiger partial charge in [-0.1, -0.05) is 39.3 Å². The molecule has 3 nitrogen and oxygen atoms in total. The lowest BCUT2D eigenvalue weighted by atomic mass is 10.3. The van der Waals surface area contributed by atoms with Crippen LogP contribution in [0, 0.1) is 0 Å². The van der Waals surface area contributed by atoms with Gasteiger partial charge in [0.25, 0.3) is 0 Å². The van der Waals surface area contributed by atoms with Gasteiger partial charge >= 0.3 is 0 Å². The Balaban J connectivity index is 2.47. The number of aromatic nitrogens is 3. The Bertz CT molecular complexity index is 383. The second-order valence-electron chi connectivity index (χ2n) is 2.61. The van der Waals surface area contributed by atoms with Crippen molar-refractivity contribution < 1.29 is 0 Å². The van der Waals surface area contributed by atoms with Crippen molar-refractivity contribution in [2.45, 2.75) is 5.33 Å². The van der Waals surface area contributed by atoms with Crippen LogP contribution in [0.1, 0.15) is 5.69 Å². The summed E-state index contributed by atoms with van der Waals surface area (Å²) in [5.74, 6) is 0. The van der Waals surface area contributed by atoms with Gasteiger partial charge < -0.3 is 0 Å². The quantitative estimate of drug-likeness (QED) is 0.750. The molecule has 2 rings (SSSR count). The van der Waals surface area contributed by atoms with Crippen LogP contribution >= 0.6 is 15.9 Å². The summed E-state index contributed by atoms with van der Waals surface area (Å²) < 4.78 is 1.81. The zero-order chi connectivity index (χ0) is 9.10. The topological polar surface area (TPSA) is 30.7 Å². The SMILES string of the molecule is BrCc1cnnn1-c1ccccc1. The molecule has 0 unspecified atom stereocenters. The van der Waals surface area contributed by atoms with Crippen molar-refractivity contribution in [3.8, 4) is 5.69 Å². The zero-order valence-corrected chi connectivity index (χ0v) is 8.48. The van der Waals surface area contributed by atoms with Crippen LogP contribution in [0.15, 0.2) is 36.5 Å². The van der Waals surface area contributed by atoms with Crippen LogP contribution in [-0.2, 0) is 5.33 Å². The van der Waals surface area contributed by atoms with Gasteiger partial charge in [0.05, 0.1) is 17.6 Å². The average Bonchev–Trinajstić information content (AvgIpc) is 2.67. The maximum atomic E-state index is 3.99. The summed E-state index contributed by atoms with van der Waals surface area (Å²) in [5, 5.41) is 8.61. The highest BCUT2D eigenvalue weighted by molar-refractivity contribution is 9.08. The Morgan fingerprint density at radius 1 is 1.23 bits per heavy atom. The Morgan fingerprint density at radius 3 is 2.69 bits per heavy atom. The Kier molecular flexibility index (Phi) is 2.40. The smallest absolute Gasteiger partial charge is 0.0751 e. The van der Waals surface area contributed by atoms with Gasteiger partial charge in [-0.25, -0.2) is 4.68 Å². The van der Waals surface area contributed by atoms with E-state index in [0.717, 1.165) is 16.7 Å². The molecule has 1 heterocycles. The van der Waals surface area contributed by atoms with Crippen LogP contribution < -0.4 is 0 Å². The Labute approximate surface area is 84.5 Å². The Morgan fingerprint density at radius 2 is 2.00 bits per heavy atom. The van der Waals surface area contributed by atoms with Crippen molar-refractivity contribution in [2.75, 3.05) is 0 Å². The first kappa shape index (κ1) is 8.44. The van der Waals surface area contributed by atoms with E-state index in [-0.39, 0.29) is 0 Å². The van der Waals surface area contributed by atoms with Crippen molar-refractivity contribution in [1.82, 2.24) is 15.0 Å². The molecular weight excluding hydrogens is 230 g/mol. The maximum Gasteiger partial charge on any atom is 0.0751 e. The number of hydrogen-bond acceptors (Lipinski definition) is 2. The second-order valence-corrected chi connectivity index (χ2v) is 3.17. The lowest BCUT2D eigenvalue weighted by Gasteiger charge is -2.02. The highest BCUT2D eigenvalue weighted by Crippen LogP contribution is 2.10. The molecule has 0 spiro atoms. The van der Waals surface area contributed by atoms with Crippen molar-refractivity contribution in [3.63, 3.8) is 0 Å². The predicted molar refractivity (Wildman–Crippen MR) is 54.0 cm³/mol. The van der Waals surface area contributed by atoms with Gasteiger partial charge in [-0.05, 0) is 12.1 Å². The summed E-state index contributed by atoms with van der Waals surface area (Å²) >= 11 is 3.38. The van der Waals surface area contributed by atoms with Crippen LogP contribution in [0.25, 0.3) is 5.69 Å². The van der Waals surface area contributed by atoms with E-state index in [1.165, 1.54) is 0 Å². The van der Waals surface area contributed by atoms with E-state index >= 15 is 0 Å². The van der Waals surface area contributed by atoms with Gasteiger partial charge in [0.1, 0.15) is 0 Å². The fourth-order valence-electron chi connectivity index (χ4n) is 1.13. The number of rotatable bonds is 2. The zero-order valence-electron chi connectivity index (χ0n) is 6.89. The standard InChI is InChI=1S/C9H8BrN3/c10-6-9-7-11-12-13(9)8-4-2-1-3-5-8/h1-5,7H,6H2. The molecule has 0 radical (unpaired) electrons. The number of hydrogen-bond donors (Lipinski definition) is 0. The van der Waals surface area contributed by atoms with Crippen molar-refractivity contribution >= 4 is 15.9 Å². The Hall–Kier alpha value is -1.16. The summed E-state index contributed by atoms with van der Waals surface area (Å²) in [5.41, 5.74) is 2.08. The lowest BCUT2D eigenvalue weighted by Crippen LogP contribution is -1.99. The summed E-state index contributed by atoms with van der Waals surface area (Å²) in [7, 11) is 0. The fourth-order valence-corrected chi connectivity index (χ4v) is 1.52. The third kappa shape index (κ3) is 1.62. The first-order chi connectivity index (χ1) is 6.42. The molecule has 0 amide bonds. The molecular formula is C9H8BrN3. The van der Waals surface area contributed by atoms with E-state index < -0.39 is 0 Å². The van der Waals surface area contributed by atoms with Gasteiger partial charge in [-0.3, -0.25) is 0 Å². The first-order valence-electron chi connectivity index (χ1n) is 3.93. The molecule has 0 saturated carbocycles. The molecule has 66 valence electrons. The first-order valence-corrected chi connectivity index (χ1v) is 5.05. The third-order valence-electron chi connectivity index (χ3n) is 1.76. The van der Waals surface area contributed by atoms with Crippen LogP contribution in [0.2, 0.25) is 0 Å². The number of nitrogens with zero attached hydrogens (tertiary/aromatic N) is 3. The van der Waals surface area contributed by atoms with Gasteiger partial charge in [0, 0.05) is 5.33 Å². The number of alkyl halides is 1. The minimum absolute atomic E-state index is 0.759. The maximum absolute atomic E-state index is 3.99. The van der Waals surface area contributed by atoms with Gasteiger partial charge in [0.2, 0.25) is 0 Å². The largest absolute Gasteiger partial charge is 0.217 e. The second kappa shape index (κ2) is 3.70. The molecule has 0 fully saturated rings. The molecule has 1 aromatic heterocycles. The third-order valence-corrected chi connectivity index (χ3v) is 2.33. The van der Waals surface area contributed by atoms with Crippen LogP contribution in [0.4, 0.5) is 0 Å². The summed E-state index contributed by atoms with van der Waals surface area (Å²) in [6.45, 7) is 0. The summed E-state index contributed by atoms with van der Waals surface area (Å²) in [4.78, 5) is 0. The number of para-hydroxylation sites is 1. The number of halogens is 1. The van der Waals surface area contributed by atoms with Crippen LogP contribution in [0.5, 0.6) is 0 Å². The van der Waals surface area contributed by atoms with Gasteiger partial charge in [-0.2, -0.15) is 0 Å². The molecule has 0 aliphatic carbocycles. The van der Waals surface area contributed by atoms with E-state index in [9.17, 15) is 0 Å². The van der Waals surface area contributed by atoms with Gasteiger partial charge in [0.15, 0.2) is 0 Å². The van der Waals surface area contributed by atoms with E-state index in [1.807, 2.05) is 35.0 Å². The molecule has 4 heteroatoms. The molecule has 0 saturated heterocycles. The molecule has 0 bridgehead atoms. The lowest BCUT2D eigenvalue weighted by molar-refractivity contribution is 0.783. The molecule has 0 atom stereocenters. The molecule has 1 aromatic carbocycles. The molecule has 0 aliphatic heterocycles. The van der Waals surface area contributed by atoms with Crippen molar-refractivity contribution in [3.05, 3.63) is 42.2 Å². The molecule has 0 N–H and O–H groups in total. The average molecular weight is 238 g/mol. The van der Waals surface area contributed by atoms with Crippen molar-refractivity contribution in [1.29, 1.82) is 0 Å². The normalized spacial score (nSPS) is 10.2. The van der Waals surface area contributed by atoms with E-state index in [4.69, 9.17) is 0 Å². The van der Waals surface area contributed by atoms with E-state index in [2.05, 4.69) is 26.2 Å². The fraction of sp³-hybridized carbons (Fsp3) is 0.111. The van der Waals surface area contributed by atoms with Crippen LogP contribution in [0.3, 0.4) is 0 Å². The minimum atomic E-state index is 0.759. The summed E-state index contributed by atoms with van der Waals surface area (Å²) in [6.07, 6.45) is 1.75.